The molecule has 2 aromatic carbocycles. The number of carbonyl (C=O) groups is 1. The van der Waals surface area contributed by atoms with E-state index in [0.717, 1.165) is 17.7 Å². The van der Waals surface area contributed by atoms with Gasteiger partial charge in [0.2, 0.25) is 11.9 Å². The molecule has 11 heteroatoms. The number of carbonyl (C=O) groups excluding carboxylic acids is 1. The van der Waals surface area contributed by atoms with Crippen molar-refractivity contribution in [3.05, 3.63) is 64.7 Å². The zero-order valence-electron chi connectivity index (χ0n) is 14.8. The molecular weight excluding hydrogens is 427 g/mol. The molecule has 1 amide bonds. The van der Waals surface area contributed by atoms with Crippen molar-refractivity contribution in [1.29, 1.82) is 0 Å². The quantitative estimate of drug-likeness (QED) is 0.551. The highest BCUT2D eigenvalue weighted by atomic mass is 35.5. The third-order valence-corrected chi connectivity index (χ3v) is 5.22. The van der Waals surface area contributed by atoms with Crippen molar-refractivity contribution >= 4 is 40.9 Å². The van der Waals surface area contributed by atoms with Crippen LogP contribution in [0.5, 0.6) is 0 Å². The lowest BCUT2D eigenvalue weighted by Gasteiger charge is -2.11. The van der Waals surface area contributed by atoms with Crippen LogP contribution in [0, 0.1) is 0 Å². The van der Waals surface area contributed by atoms with Crippen LogP contribution in [0.1, 0.15) is 11.1 Å². The summed E-state index contributed by atoms with van der Waals surface area (Å²) < 4.78 is 39.8. The van der Waals surface area contributed by atoms with Crippen LogP contribution in [0.4, 0.5) is 24.8 Å². The molecule has 0 unspecified atom stereocenters. The van der Waals surface area contributed by atoms with E-state index in [0.29, 0.717) is 15.9 Å². The number of hydrogen-bond acceptors (Lipinski definition) is 5. The minimum atomic E-state index is -4.50. The third-order valence-electron chi connectivity index (χ3n) is 3.84. The normalized spacial score (nSPS) is 11.4. The van der Waals surface area contributed by atoms with Crippen LogP contribution < -0.4 is 11.1 Å². The van der Waals surface area contributed by atoms with Gasteiger partial charge in [-0.2, -0.15) is 13.2 Å². The van der Waals surface area contributed by atoms with E-state index in [1.807, 2.05) is 18.2 Å². The van der Waals surface area contributed by atoms with Crippen molar-refractivity contribution in [1.82, 2.24) is 14.8 Å². The molecule has 0 bridgehead atoms. The maximum atomic E-state index is 12.8. The Bertz CT molecular complexity index is 1020. The summed E-state index contributed by atoms with van der Waals surface area (Å²) in [5.74, 6) is -0.0613. The predicted octanol–water partition coefficient (Wildman–Crippen LogP) is 4.46. The molecule has 0 aliphatic rings. The van der Waals surface area contributed by atoms with Crippen LogP contribution in [0.25, 0.3) is 0 Å². The SMILES string of the molecule is Nc1nnc(SCc2ccccc2Cl)n1CC(=O)Nc1cccc(C(F)(F)F)c1. The Hall–Kier alpha value is -2.72. The number of benzene rings is 2. The molecule has 3 aromatic rings. The van der Waals surface area contributed by atoms with Crippen molar-refractivity contribution in [3.63, 3.8) is 0 Å². The Balaban J connectivity index is 1.68. The molecule has 0 aliphatic heterocycles. The van der Waals surface area contributed by atoms with Crippen molar-refractivity contribution in [2.45, 2.75) is 23.6 Å². The van der Waals surface area contributed by atoms with Gasteiger partial charge in [0, 0.05) is 16.5 Å². The number of nitrogens with one attached hydrogen (secondary N) is 1. The van der Waals surface area contributed by atoms with Gasteiger partial charge in [0.15, 0.2) is 5.16 Å². The predicted molar refractivity (Wildman–Crippen MR) is 106 cm³/mol. The Morgan fingerprint density at radius 1 is 1.17 bits per heavy atom. The highest BCUT2D eigenvalue weighted by Gasteiger charge is 2.30. The fraction of sp³-hybridized carbons (Fsp3) is 0.167. The lowest BCUT2D eigenvalue weighted by molar-refractivity contribution is -0.137. The standard InChI is InChI=1S/C18H15ClF3N5OS/c19-14-7-2-1-4-11(14)10-29-17-26-25-16(23)27(17)9-15(28)24-13-6-3-5-12(8-13)18(20,21)22/h1-8H,9-10H2,(H2,23,25)(H,24,28). The smallest absolute Gasteiger partial charge is 0.368 e. The topological polar surface area (TPSA) is 85.8 Å². The summed E-state index contributed by atoms with van der Waals surface area (Å²) in [7, 11) is 0. The second-order valence-electron chi connectivity index (χ2n) is 5.93. The van der Waals surface area contributed by atoms with E-state index in [9.17, 15) is 18.0 Å². The fourth-order valence-electron chi connectivity index (χ4n) is 2.43. The van der Waals surface area contributed by atoms with Gasteiger partial charge in [-0.1, -0.05) is 47.6 Å². The van der Waals surface area contributed by atoms with Gasteiger partial charge in [-0.25, -0.2) is 0 Å². The molecular formula is C18H15ClF3N5OS. The van der Waals surface area contributed by atoms with Crippen LogP contribution in [0.15, 0.2) is 53.7 Å². The number of amides is 1. The number of alkyl halides is 3. The van der Waals surface area contributed by atoms with Gasteiger partial charge >= 0.3 is 6.18 Å². The highest BCUT2D eigenvalue weighted by molar-refractivity contribution is 7.98. The van der Waals surface area contributed by atoms with Gasteiger partial charge in [-0.05, 0) is 29.8 Å². The van der Waals surface area contributed by atoms with E-state index in [-0.39, 0.29) is 18.2 Å². The molecule has 3 N–H and O–H groups in total. The number of aromatic nitrogens is 3. The number of thioether (sulfide) groups is 1. The van der Waals surface area contributed by atoms with Gasteiger partial charge in [0.25, 0.3) is 0 Å². The van der Waals surface area contributed by atoms with E-state index in [1.54, 1.807) is 6.07 Å². The first-order valence-corrected chi connectivity index (χ1v) is 9.62. The Labute approximate surface area is 173 Å². The first kappa shape index (κ1) is 21.0. The van der Waals surface area contributed by atoms with Crippen LogP contribution in [-0.4, -0.2) is 20.7 Å². The maximum Gasteiger partial charge on any atom is 0.416 e. The minimum Gasteiger partial charge on any atom is -0.368 e. The summed E-state index contributed by atoms with van der Waals surface area (Å²) in [5, 5.41) is 11.1. The average Bonchev–Trinajstić information content (AvgIpc) is 3.00. The molecule has 152 valence electrons. The van der Waals surface area contributed by atoms with Gasteiger partial charge in [0.1, 0.15) is 6.54 Å². The molecule has 0 aliphatic carbocycles. The van der Waals surface area contributed by atoms with Crippen molar-refractivity contribution in [2.24, 2.45) is 0 Å². The number of rotatable bonds is 6. The first-order chi connectivity index (χ1) is 13.7. The molecule has 0 spiro atoms. The van der Waals surface area contributed by atoms with Gasteiger partial charge in [0.05, 0.1) is 5.56 Å². The van der Waals surface area contributed by atoms with Crippen molar-refractivity contribution < 1.29 is 18.0 Å². The minimum absolute atomic E-state index is 0.0193. The molecule has 0 atom stereocenters. The van der Waals surface area contributed by atoms with E-state index in [2.05, 4.69) is 15.5 Å². The van der Waals surface area contributed by atoms with Gasteiger partial charge in [-0.15, -0.1) is 10.2 Å². The van der Waals surface area contributed by atoms with Crippen LogP contribution in [-0.2, 0) is 23.3 Å². The number of nitrogens with zero attached hydrogens (tertiary/aromatic N) is 3. The first-order valence-electron chi connectivity index (χ1n) is 8.26. The van der Waals surface area contributed by atoms with Crippen LogP contribution in [0.3, 0.4) is 0 Å². The number of nitrogens with two attached hydrogens (primary N) is 1. The van der Waals surface area contributed by atoms with Crippen molar-refractivity contribution in [2.75, 3.05) is 11.1 Å². The second-order valence-corrected chi connectivity index (χ2v) is 7.28. The van der Waals surface area contributed by atoms with E-state index in [4.69, 9.17) is 17.3 Å². The van der Waals surface area contributed by atoms with E-state index < -0.39 is 17.6 Å². The summed E-state index contributed by atoms with van der Waals surface area (Å²) in [5.41, 5.74) is 5.84. The van der Waals surface area contributed by atoms with Gasteiger partial charge in [-0.3, -0.25) is 9.36 Å². The molecule has 3 rings (SSSR count). The zero-order chi connectivity index (χ0) is 21.0. The number of anilines is 2. The summed E-state index contributed by atoms with van der Waals surface area (Å²) in [6.07, 6.45) is -4.50. The molecule has 1 heterocycles. The molecule has 0 saturated carbocycles. The zero-order valence-corrected chi connectivity index (χ0v) is 16.4. The van der Waals surface area contributed by atoms with Crippen LogP contribution in [0.2, 0.25) is 5.02 Å². The summed E-state index contributed by atoms with van der Waals surface area (Å²) in [6.45, 7) is -0.250. The lowest BCUT2D eigenvalue weighted by Crippen LogP contribution is -2.20. The third kappa shape index (κ3) is 5.42. The molecule has 0 fully saturated rings. The average molecular weight is 442 g/mol. The molecule has 1 aromatic heterocycles. The number of halogens is 4. The van der Waals surface area contributed by atoms with Crippen molar-refractivity contribution in [3.8, 4) is 0 Å². The summed E-state index contributed by atoms with van der Waals surface area (Å²) >= 11 is 7.42. The molecule has 29 heavy (non-hydrogen) atoms. The highest BCUT2D eigenvalue weighted by Crippen LogP contribution is 2.31. The molecule has 6 nitrogen and oxygen atoms in total. The Morgan fingerprint density at radius 2 is 1.93 bits per heavy atom. The second kappa shape index (κ2) is 8.75. The fourth-order valence-corrected chi connectivity index (χ4v) is 3.66. The van der Waals surface area contributed by atoms with Gasteiger partial charge < -0.3 is 11.1 Å². The maximum absolute atomic E-state index is 12.8. The molecule has 0 saturated heterocycles. The largest absolute Gasteiger partial charge is 0.416 e. The van der Waals surface area contributed by atoms with E-state index in [1.165, 1.54) is 28.5 Å². The summed E-state index contributed by atoms with van der Waals surface area (Å²) in [6, 6.07) is 11.7. The Morgan fingerprint density at radius 3 is 2.66 bits per heavy atom. The monoisotopic (exact) mass is 441 g/mol. The molecule has 0 radical (unpaired) electrons. The number of hydrogen-bond donors (Lipinski definition) is 2. The van der Waals surface area contributed by atoms with E-state index >= 15 is 0 Å². The summed E-state index contributed by atoms with van der Waals surface area (Å²) in [4.78, 5) is 12.3. The van der Waals surface area contributed by atoms with Crippen LogP contribution >= 0.6 is 23.4 Å². The number of nitrogen functional groups attached to an aromatic ring is 1. The lowest BCUT2D eigenvalue weighted by atomic mass is 10.2. The Kier molecular flexibility index (Phi) is 6.33.